The van der Waals surface area contributed by atoms with E-state index in [2.05, 4.69) is 31.6 Å². The van der Waals surface area contributed by atoms with Gasteiger partial charge >= 0.3 is 0 Å². The summed E-state index contributed by atoms with van der Waals surface area (Å²) in [6.45, 7) is 0.201. The Morgan fingerprint density at radius 2 is 2.13 bits per heavy atom. The summed E-state index contributed by atoms with van der Waals surface area (Å²) in [5.74, 6) is 0.418. The SMILES string of the molecule is Cl.O=C1CN=C(Nc2ccccc2Br)N1. The van der Waals surface area contributed by atoms with Crippen molar-refractivity contribution in [3.05, 3.63) is 28.7 Å². The van der Waals surface area contributed by atoms with E-state index in [1.54, 1.807) is 0 Å². The Kier molecular flexibility index (Phi) is 4.11. The Balaban J connectivity index is 0.00000112. The molecule has 4 nitrogen and oxygen atoms in total. The third-order valence-electron chi connectivity index (χ3n) is 1.77. The Morgan fingerprint density at radius 1 is 1.40 bits per heavy atom. The molecule has 0 radical (unpaired) electrons. The molecule has 0 fully saturated rings. The lowest BCUT2D eigenvalue weighted by atomic mass is 10.3. The third-order valence-corrected chi connectivity index (χ3v) is 2.46. The number of benzene rings is 1. The minimum absolute atomic E-state index is 0. The first-order chi connectivity index (χ1) is 6.75. The molecule has 6 heteroatoms. The molecule has 1 heterocycles. The zero-order chi connectivity index (χ0) is 9.97. The van der Waals surface area contributed by atoms with Gasteiger partial charge in [0.15, 0.2) is 0 Å². The standard InChI is InChI=1S/C9H8BrN3O.ClH/c10-6-3-1-2-4-7(6)12-9-11-5-8(14)13-9;/h1-4H,5H2,(H2,11,12,13,14);1H. The van der Waals surface area contributed by atoms with Gasteiger partial charge in [-0.15, -0.1) is 12.4 Å². The average molecular weight is 291 g/mol. The van der Waals surface area contributed by atoms with Crippen LogP contribution in [0, 0.1) is 0 Å². The zero-order valence-electron chi connectivity index (χ0n) is 7.66. The molecule has 1 aromatic carbocycles. The van der Waals surface area contributed by atoms with Crippen molar-refractivity contribution in [2.45, 2.75) is 0 Å². The van der Waals surface area contributed by atoms with E-state index in [4.69, 9.17) is 0 Å². The number of rotatable bonds is 1. The number of para-hydroxylation sites is 1. The molecule has 0 saturated heterocycles. The van der Waals surface area contributed by atoms with Crippen LogP contribution < -0.4 is 10.6 Å². The molecule has 0 aliphatic carbocycles. The van der Waals surface area contributed by atoms with Gasteiger partial charge < -0.3 is 5.32 Å². The molecule has 80 valence electrons. The molecule has 0 saturated carbocycles. The van der Waals surface area contributed by atoms with Crippen LogP contribution in [0.4, 0.5) is 5.69 Å². The number of amides is 1. The molecule has 0 unspecified atom stereocenters. The number of anilines is 1. The average Bonchev–Trinajstić information content (AvgIpc) is 2.56. The molecule has 1 aliphatic heterocycles. The van der Waals surface area contributed by atoms with Crippen LogP contribution in [0.15, 0.2) is 33.7 Å². The second-order valence-electron chi connectivity index (χ2n) is 2.82. The summed E-state index contributed by atoms with van der Waals surface area (Å²) in [5, 5.41) is 5.62. The fraction of sp³-hybridized carbons (Fsp3) is 0.111. The predicted molar refractivity (Wildman–Crippen MR) is 65.5 cm³/mol. The van der Waals surface area contributed by atoms with Crippen LogP contribution >= 0.6 is 28.3 Å². The van der Waals surface area contributed by atoms with Crippen LogP contribution in [-0.4, -0.2) is 18.4 Å². The largest absolute Gasteiger partial charge is 0.325 e. The fourth-order valence-electron chi connectivity index (χ4n) is 1.12. The minimum Gasteiger partial charge on any atom is -0.325 e. The van der Waals surface area contributed by atoms with Crippen LogP contribution in [0.3, 0.4) is 0 Å². The second-order valence-corrected chi connectivity index (χ2v) is 3.67. The molecule has 15 heavy (non-hydrogen) atoms. The van der Waals surface area contributed by atoms with Gasteiger partial charge in [-0.25, -0.2) is 4.99 Å². The van der Waals surface area contributed by atoms with Crippen molar-refractivity contribution in [1.29, 1.82) is 0 Å². The highest BCUT2D eigenvalue weighted by Crippen LogP contribution is 2.21. The van der Waals surface area contributed by atoms with Crippen LogP contribution in [0.2, 0.25) is 0 Å². The summed E-state index contributed by atoms with van der Waals surface area (Å²) in [6, 6.07) is 7.64. The molecule has 0 atom stereocenters. The van der Waals surface area contributed by atoms with Gasteiger partial charge in [0.05, 0.1) is 5.69 Å². The van der Waals surface area contributed by atoms with Crippen LogP contribution in [0.1, 0.15) is 0 Å². The van der Waals surface area contributed by atoms with Crippen molar-refractivity contribution < 1.29 is 4.79 Å². The van der Waals surface area contributed by atoms with E-state index in [1.807, 2.05) is 24.3 Å². The van der Waals surface area contributed by atoms with Gasteiger partial charge in [-0.3, -0.25) is 10.1 Å². The van der Waals surface area contributed by atoms with Gasteiger partial charge in [-0.1, -0.05) is 12.1 Å². The van der Waals surface area contributed by atoms with E-state index >= 15 is 0 Å². The first-order valence-electron chi connectivity index (χ1n) is 4.11. The van der Waals surface area contributed by atoms with Gasteiger partial charge in [0.25, 0.3) is 0 Å². The first-order valence-corrected chi connectivity index (χ1v) is 4.91. The molecular formula is C9H9BrClN3O. The topological polar surface area (TPSA) is 53.5 Å². The van der Waals surface area contributed by atoms with Crippen molar-refractivity contribution in [2.75, 3.05) is 11.9 Å². The molecule has 1 amide bonds. The number of guanidine groups is 1. The summed E-state index contributed by atoms with van der Waals surface area (Å²) >= 11 is 3.39. The van der Waals surface area contributed by atoms with Gasteiger partial charge in [0, 0.05) is 4.47 Å². The summed E-state index contributed by atoms with van der Waals surface area (Å²) in [5.41, 5.74) is 0.883. The highest BCUT2D eigenvalue weighted by atomic mass is 79.9. The number of halogens is 2. The van der Waals surface area contributed by atoms with Crippen molar-refractivity contribution in [1.82, 2.24) is 5.32 Å². The summed E-state index contributed by atoms with van der Waals surface area (Å²) in [6.07, 6.45) is 0. The Bertz CT molecular complexity index is 408. The number of hydrogen-bond acceptors (Lipinski definition) is 3. The molecule has 1 aliphatic rings. The van der Waals surface area contributed by atoms with E-state index in [1.165, 1.54) is 0 Å². The van der Waals surface area contributed by atoms with E-state index < -0.39 is 0 Å². The lowest BCUT2D eigenvalue weighted by Gasteiger charge is -2.06. The molecule has 2 N–H and O–H groups in total. The number of carbonyl (C=O) groups excluding carboxylic acids is 1. The number of aliphatic imine (C=N–C) groups is 1. The van der Waals surface area contributed by atoms with Crippen molar-refractivity contribution in [2.24, 2.45) is 4.99 Å². The van der Waals surface area contributed by atoms with Crippen molar-refractivity contribution >= 4 is 45.9 Å². The quantitative estimate of drug-likeness (QED) is 0.828. The van der Waals surface area contributed by atoms with Crippen LogP contribution in [0.5, 0.6) is 0 Å². The first kappa shape index (κ1) is 12.0. The Morgan fingerprint density at radius 3 is 2.73 bits per heavy atom. The normalized spacial score (nSPS) is 13.9. The van der Waals surface area contributed by atoms with Crippen molar-refractivity contribution in [3.8, 4) is 0 Å². The smallest absolute Gasteiger partial charge is 0.248 e. The Labute approximate surface area is 102 Å². The zero-order valence-corrected chi connectivity index (χ0v) is 10.1. The molecule has 0 spiro atoms. The molecule has 0 aromatic heterocycles. The number of nitrogens with one attached hydrogen (secondary N) is 2. The number of nitrogens with zero attached hydrogens (tertiary/aromatic N) is 1. The molecule has 1 aromatic rings. The maximum absolute atomic E-state index is 10.9. The summed E-state index contributed by atoms with van der Waals surface area (Å²) < 4.78 is 0.934. The Hall–Kier alpha value is -1.07. The predicted octanol–water partition coefficient (Wildman–Crippen LogP) is 1.77. The molecule has 0 bridgehead atoms. The highest BCUT2D eigenvalue weighted by molar-refractivity contribution is 9.10. The fourth-order valence-corrected chi connectivity index (χ4v) is 1.51. The van der Waals surface area contributed by atoms with E-state index in [-0.39, 0.29) is 24.9 Å². The third kappa shape index (κ3) is 2.94. The summed E-state index contributed by atoms with van der Waals surface area (Å²) in [7, 11) is 0. The highest BCUT2D eigenvalue weighted by Gasteiger charge is 2.13. The van der Waals surface area contributed by atoms with E-state index in [9.17, 15) is 4.79 Å². The van der Waals surface area contributed by atoms with Gasteiger partial charge in [0.1, 0.15) is 6.54 Å². The van der Waals surface area contributed by atoms with E-state index in [0.717, 1.165) is 10.2 Å². The maximum atomic E-state index is 10.9. The monoisotopic (exact) mass is 289 g/mol. The van der Waals surface area contributed by atoms with Gasteiger partial charge in [0.2, 0.25) is 11.9 Å². The maximum Gasteiger partial charge on any atom is 0.248 e. The lowest BCUT2D eigenvalue weighted by molar-refractivity contribution is -0.117. The van der Waals surface area contributed by atoms with Crippen molar-refractivity contribution in [3.63, 3.8) is 0 Å². The van der Waals surface area contributed by atoms with Gasteiger partial charge in [-0.2, -0.15) is 0 Å². The van der Waals surface area contributed by atoms with Crippen LogP contribution in [0.25, 0.3) is 0 Å². The number of carbonyl (C=O) groups is 1. The second kappa shape index (κ2) is 5.14. The summed E-state index contributed by atoms with van der Waals surface area (Å²) in [4.78, 5) is 14.8. The minimum atomic E-state index is -0.0837. The molecule has 2 rings (SSSR count). The van der Waals surface area contributed by atoms with Crippen LogP contribution in [-0.2, 0) is 4.79 Å². The lowest BCUT2D eigenvalue weighted by Crippen LogP contribution is -2.30. The van der Waals surface area contributed by atoms with Gasteiger partial charge in [-0.05, 0) is 28.1 Å². The van der Waals surface area contributed by atoms with E-state index in [0.29, 0.717) is 5.96 Å². The number of hydrogen-bond donors (Lipinski definition) is 2. The molecular weight excluding hydrogens is 281 g/mol.